The maximum atomic E-state index is 5.42. The second-order valence-corrected chi connectivity index (χ2v) is 8.63. The normalized spacial score (nSPS) is 11.2. The van der Waals surface area contributed by atoms with Crippen LogP contribution in [-0.2, 0) is 20.9 Å². The average Bonchev–Trinajstić information content (AvgIpc) is 2.12. The molecule has 0 aromatic rings. The maximum absolute atomic E-state index is 5.42. The van der Waals surface area contributed by atoms with Crippen LogP contribution in [0.1, 0.15) is 6.92 Å². The average molecular weight is 238 g/mol. The van der Waals surface area contributed by atoms with Gasteiger partial charge in [0.05, 0.1) is 13.2 Å². The third-order valence-electron chi connectivity index (χ3n) is 0.988. The Morgan fingerprint density at radius 2 is 1.77 bits per heavy atom. The summed E-state index contributed by atoms with van der Waals surface area (Å²) in [5.41, 5.74) is -2.14. The highest BCUT2D eigenvalue weighted by atomic mass is 32.9. The molecule has 0 N–H and O–H groups in total. The molecule has 76 valence electrons. The molecule has 0 spiro atoms. The van der Waals surface area contributed by atoms with Gasteiger partial charge in [-0.1, -0.05) is 30.5 Å². The van der Waals surface area contributed by atoms with Crippen molar-refractivity contribution < 1.29 is 9.05 Å². The molecule has 0 saturated carbocycles. The minimum absolute atomic E-state index is 0.446. The van der Waals surface area contributed by atoms with Crippen molar-refractivity contribution in [2.24, 2.45) is 0 Å². The van der Waals surface area contributed by atoms with Gasteiger partial charge in [-0.2, -0.15) is 0 Å². The SMILES string of the molecule is C=CCOP(=S)(OCC=C)SCC. The van der Waals surface area contributed by atoms with Crippen molar-refractivity contribution in [1.82, 2.24) is 0 Å². The van der Waals surface area contributed by atoms with E-state index in [-0.39, 0.29) is 0 Å². The Hall–Kier alpha value is 0.400. The highest BCUT2D eigenvalue weighted by Gasteiger charge is 2.17. The zero-order chi connectivity index (χ0) is 10.2. The van der Waals surface area contributed by atoms with Crippen LogP contribution in [0.25, 0.3) is 0 Å². The Balaban J connectivity index is 4.06. The number of rotatable bonds is 8. The van der Waals surface area contributed by atoms with E-state index in [9.17, 15) is 0 Å². The van der Waals surface area contributed by atoms with Gasteiger partial charge in [-0.05, 0) is 17.6 Å². The predicted octanol–water partition coefficient (Wildman–Crippen LogP) is 3.37. The molecule has 5 heteroatoms. The van der Waals surface area contributed by atoms with Gasteiger partial charge in [-0.15, -0.1) is 13.2 Å². The molecule has 13 heavy (non-hydrogen) atoms. The number of hydrogen-bond donors (Lipinski definition) is 0. The van der Waals surface area contributed by atoms with Gasteiger partial charge in [0.15, 0.2) is 0 Å². The number of hydrogen-bond acceptors (Lipinski definition) is 4. The van der Waals surface area contributed by atoms with Crippen molar-refractivity contribution in [3.05, 3.63) is 25.3 Å². The van der Waals surface area contributed by atoms with Crippen LogP contribution in [0.2, 0.25) is 0 Å². The van der Waals surface area contributed by atoms with Crippen LogP contribution in [0, 0.1) is 0 Å². The van der Waals surface area contributed by atoms with Crippen LogP contribution in [0.3, 0.4) is 0 Å². The van der Waals surface area contributed by atoms with Gasteiger partial charge in [0.2, 0.25) is 5.69 Å². The van der Waals surface area contributed by atoms with Crippen molar-refractivity contribution in [3.8, 4) is 0 Å². The van der Waals surface area contributed by atoms with Gasteiger partial charge in [0.25, 0.3) is 0 Å². The summed E-state index contributed by atoms with van der Waals surface area (Å²) in [6.45, 7) is 10.1. The summed E-state index contributed by atoms with van der Waals surface area (Å²) >= 11 is 6.81. The third kappa shape index (κ3) is 6.47. The monoisotopic (exact) mass is 238 g/mol. The second kappa shape index (κ2) is 7.77. The minimum atomic E-state index is -2.14. The molecule has 0 heterocycles. The first-order valence-electron chi connectivity index (χ1n) is 3.94. The van der Waals surface area contributed by atoms with E-state index in [4.69, 9.17) is 20.9 Å². The molecule has 0 unspecified atom stereocenters. The first kappa shape index (κ1) is 13.4. The summed E-state index contributed by atoms with van der Waals surface area (Å²) in [6.07, 6.45) is 3.35. The van der Waals surface area contributed by atoms with E-state index in [2.05, 4.69) is 13.2 Å². The van der Waals surface area contributed by atoms with Crippen LogP contribution in [0.4, 0.5) is 0 Å². The molecule has 0 aromatic heterocycles. The Kier molecular flexibility index (Phi) is 8.01. The zero-order valence-corrected chi connectivity index (χ0v) is 10.3. The fraction of sp³-hybridized carbons (Fsp3) is 0.500. The van der Waals surface area contributed by atoms with E-state index in [1.54, 1.807) is 23.5 Å². The fourth-order valence-electron chi connectivity index (χ4n) is 0.558. The van der Waals surface area contributed by atoms with Crippen LogP contribution in [0.5, 0.6) is 0 Å². The van der Waals surface area contributed by atoms with Crippen LogP contribution >= 0.6 is 17.1 Å². The van der Waals surface area contributed by atoms with Crippen molar-refractivity contribution in [2.45, 2.75) is 6.92 Å². The molecule has 0 atom stereocenters. The van der Waals surface area contributed by atoms with Gasteiger partial charge < -0.3 is 9.05 Å². The lowest BCUT2D eigenvalue weighted by Gasteiger charge is -2.19. The molecule has 0 aromatic carbocycles. The summed E-state index contributed by atoms with van der Waals surface area (Å²) in [7, 11) is 0. The lowest BCUT2D eigenvalue weighted by atomic mass is 10.7. The first-order chi connectivity index (χ1) is 6.18. The van der Waals surface area contributed by atoms with Gasteiger partial charge in [-0.25, -0.2) is 0 Å². The van der Waals surface area contributed by atoms with E-state index in [0.29, 0.717) is 13.2 Å². The van der Waals surface area contributed by atoms with Crippen molar-refractivity contribution in [3.63, 3.8) is 0 Å². The van der Waals surface area contributed by atoms with Crippen LogP contribution < -0.4 is 0 Å². The highest BCUT2D eigenvalue weighted by molar-refractivity contribution is 8.67. The second-order valence-electron chi connectivity index (χ2n) is 2.03. The third-order valence-corrected chi connectivity index (χ3v) is 6.43. The van der Waals surface area contributed by atoms with Crippen molar-refractivity contribution in [2.75, 3.05) is 19.0 Å². The summed E-state index contributed by atoms with van der Waals surface area (Å²) in [5.74, 6) is 0.894. The molecule has 0 aliphatic carbocycles. The molecule has 0 aliphatic rings. The van der Waals surface area contributed by atoms with E-state index < -0.39 is 5.69 Å². The quantitative estimate of drug-likeness (QED) is 0.476. The molecular formula is C8H15O2PS2. The minimum Gasteiger partial charge on any atom is -0.317 e. The summed E-state index contributed by atoms with van der Waals surface area (Å²) in [6, 6.07) is 0. The highest BCUT2D eigenvalue weighted by Crippen LogP contribution is 2.60. The van der Waals surface area contributed by atoms with Crippen LogP contribution in [-0.4, -0.2) is 19.0 Å². The van der Waals surface area contributed by atoms with E-state index in [0.717, 1.165) is 5.75 Å². The maximum Gasteiger partial charge on any atom is 0.247 e. The van der Waals surface area contributed by atoms with Gasteiger partial charge in [-0.3, -0.25) is 0 Å². The molecule has 0 amide bonds. The Labute approximate surface area is 89.3 Å². The van der Waals surface area contributed by atoms with Gasteiger partial charge >= 0.3 is 0 Å². The topological polar surface area (TPSA) is 18.5 Å². The summed E-state index contributed by atoms with van der Waals surface area (Å²) in [4.78, 5) is 0. The Morgan fingerprint density at radius 3 is 2.08 bits per heavy atom. The Bertz CT molecular complexity index is 190. The molecule has 0 saturated heterocycles. The molecule has 0 bridgehead atoms. The van der Waals surface area contributed by atoms with Crippen molar-refractivity contribution >= 4 is 28.9 Å². The lowest BCUT2D eigenvalue weighted by Crippen LogP contribution is -1.93. The molecule has 2 nitrogen and oxygen atoms in total. The summed E-state index contributed by atoms with van der Waals surface area (Å²) in [5, 5.41) is 0. The van der Waals surface area contributed by atoms with Gasteiger partial charge in [0.1, 0.15) is 0 Å². The smallest absolute Gasteiger partial charge is 0.247 e. The van der Waals surface area contributed by atoms with Crippen LogP contribution in [0.15, 0.2) is 25.3 Å². The summed E-state index contributed by atoms with van der Waals surface area (Å²) < 4.78 is 10.8. The largest absolute Gasteiger partial charge is 0.317 e. The van der Waals surface area contributed by atoms with Gasteiger partial charge in [0, 0.05) is 0 Å². The fourth-order valence-corrected chi connectivity index (χ4v) is 4.75. The lowest BCUT2D eigenvalue weighted by molar-refractivity contribution is 0.302. The first-order valence-corrected chi connectivity index (χ1v) is 8.17. The van der Waals surface area contributed by atoms with E-state index >= 15 is 0 Å². The zero-order valence-electron chi connectivity index (χ0n) is 7.77. The van der Waals surface area contributed by atoms with E-state index in [1.807, 2.05) is 6.92 Å². The molecule has 0 rings (SSSR count). The molecule has 0 aliphatic heterocycles. The van der Waals surface area contributed by atoms with Crippen molar-refractivity contribution in [1.29, 1.82) is 0 Å². The van der Waals surface area contributed by atoms with E-state index in [1.165, 1.54) is 0 Å². The predicted molar refractivity (Wildman–Crippen MR) is 64.7 cm³/mol. The standard InChI is InChI=1S/C8H15O2PS2/c1-4-7-9-11(12,13-6-3)10-8-5-2/h4-5H,1-2,6-8H2,3H3. The Morgan fingerprint density at radius 1 is 1.31 bits per heavy atom. The molecule has 0 fully saturated rings. The molecular weight excluding hydrogens is 223 g/mol. The molecule has 0 radical (unpaired) electrons.